The molecule has 2 aliphatic rings. The number of Topliss-reactive ketones (excluding diaryl/α,β-unsaturated/α-hetero) is 1. The molecule has 0 bridgehead atoms. The van der Waals surface area contributed by atoms with Gasteiger partial charge in [-0.1, -0.05) is 42.5 Å². The lowest BCUT2D eigenvalue weighted by Gasteiger charge is -2.28. The van der Waals surface area contributed by atoms with Crippen LogP contribution in [-0.4, -0.2) is 69.6 Å². The van der Waals surface area contributed by atoms with Gasteiger partial charge in [0.1, 0.15) is 17.8 Å². The maximum atomic E-state index is 14.1. The molecule has 0 unspecified atom stereocenters. The molecule has 6 rings (SSSR count). The third-order valence-electron chi connectivity index (χ3n) is 8.08. The summed E-state index contributed by atoms with van der Waals surface area (Å²) in [6.45, 7) is 0.494. The number of ketones is 1. The van der Waals surface area contributed by atoms with Gasteiger partial charge in [-0.25, -0.2) is 0 Å². The van der Waals surface area contributed by atoms with E-state index >= 15 is 0 Å². The Morgan fingerprint density at radius 3 is 2.57 bits per heavy atom. The number of fused-ring (bicyclic) bond motifs is 2. The van der Waals surface area contributed by atoms with Crippen LogP contribution in [0.25, 0.3) is 10.1 Å². The molecule has 4 N–H and O–H groups in total. The molecule has 4 aromatic rings. The van der Waals surface area contributed by atoms with Crippen molar-refractivity contribution in [1.29, 1.82) is 0 Å². The number of carbonyl (C=O) groups is 4. The first-order chi connectivity index (χ1) is 20.3. The Labute approximate surface area is 246 Å². The predicted molar refractivity (Wildman–Crippen MR) is 159 cm³/mol. The van der Waals surface area contributed by atoms with E-state index in [0.717, 1.165) is 21.2 Å². The predicted octanol–water partition coefficient (Wildman–Crippen LogP) is 3.10. The number of nitrogens with two attached hydrogens (primary N) is 1. The Morgan fingerprint density at radius 1 is 1.00 bits per heavy atom. The Bertz CT molecular complexity index is 1680. The molecule has 3 atom stereocenters. The topological polar surface area (TPSA) is 133 Å². The van der Waals surface area contributed by atoms with Crippen molar-refractivity contribution in [2.45, 2.75) is 37.5 Å². The summed E-state index contributed by atoms with van der Waals surface area (Å²) in [5.74, 6) is -1.13. The summed E-state index contributed by atoms with van der Waals surface area (Å²) >= 11 is 1.48. The summed E-state index contributed by atoms with van der Waals surface area (Å²) in [5, 5.41) is 15.3. The number of carbonyl (C=O) groups excluding carboxylic acids is 4. The van der Waals surface area contributed by atoms with Gasteiger partial charge in [0, 0.05) is 40.5 Å². The SMILES string of the molecule is NCc1cccc(C(=O)N[C@@H](Cc2ccc(O)cc2)C(=O)N2CC[C@@H]3[C@H]2C(=O)CN3C(=O)c2csc3ccccc23)c1. The van der Waals surface area contributed by atoms with Crippen LogP contribution in [0.4, 0.5) is 0 Å². The van der Waals surface area contributed by atoms with Crippen LogP contribution in [0.1, 0.15) is 38.3 Å². The van der Waals surface area contributed by atoms with Crippen molar-refractivity contribution >= 4 is 44.9 Å². The summed E-state index contributed by atoms with van der Waals surface area (Å²) in [6, 6.07) is 18.8. The molecular weight excluding hydrogens is 552 g/mol. The lowest BCUT2D eigenvalue weighted by atomic mass is 10.0. The molecule has 0 aliphatic carbocycles. The molecule has 0 spiro atoms. The fourth-order valence-corrected chi connectivity index (χ4v) is 6.92. The highest BCUT2D eigenvalue weighted by molar-refractivity contribution is 7.17. The molecule has 42 heavy (non-hydrogen) atoms. The van der Waals surface area contributed by atoms with E-state index in [2.05, 4.69) is 5.32 Å². The van der Waals surface area contributed by atoms with E-state index < -0.39 is 24.0 Å². The van der Waals surface area contributed by atoms with Gasteiger partial charge in [0.25, 0.3) is 11.8 Å². The maximum Gasteiger partial charge on any atom is 0.256 e. The van der Waals surface area contributed by atoms with Crippen LogP contribution in [0.2, 0.25) is 0 Å². The van der Waals surface area contributed by atoms with E-state index in [-0.39, 0.29) is 42.9 Å². The summed E-state index contributed by atoms with van der Waals surface area (Å²) in [7, 11) is 0. The number of thiophene rings is 1. The molecule has 10 heteroatoms. The number of hydrogen-bond donors (Lipinski definition) is 3. The molecule has 0 radical (unpaired) electrons. The minimum Gasteiger partial charge on any atom is -0.508 e. The van der Waals surface area contributed by atoms with Gasteiger partial charge >= 0.3 is 0 Å². The molecular formula is C32H30N4O5S. The molecule has 2 saturated heterocycles. The van der Waals surface area contributed by atoms with Crippen molar-refractivity contribution in [2.24, 2.45) is 5.73 Å². The van der Waals surface area contributed by atoms with Gasteiger partial charge < -0.3 is 26.0 Å². The second kappa shape index (κ2) is 11.4. The van der Waals surface area contributed by atoms with E-state index in [1.54, 1.807) is 35.2 Å². The highest BCUT2D eigenvalue weighted by Gasteiger charge is 2.52. The molecule has 2 aliphatic heterocycles. The average molecular weight is 583 g/mol. The highest BCUT2D eigenvalue weighted by Crippen LogP contribution is 2.34. The van der Waals surface area contributed by atoms with Crippen LogP contribution in [0.3, 0.4) is 0 Å². The van der Waals surface area contributed by atoms with Gasteiger partial charge in [0.05, 0.1) is 18.2 Å². The third-order valence-corrected chi connectivity index (χ3v) is 9.05. The monoisotopic (exact) mass is 582 g/mol. The van der Waals surface area contributed by atoms with Crippen LogP contribution < -0.4 is 11.1 Å². The number of aromatic hydroxyl groups is 1. The van der Waals surface area contributed by atoms with Crippen LogP contribution in [0.5, 0.6) is 5.75 Å². The Hall–Kier alpha value is -4.54. The lowest BCUT2D eigenvalue weighted by molar-refractivity contribution is -0.138. The van der Waals surface area contributed by atoms with Crippen molar-refractivity contribution < 1.29 is 24.3 Å². The Balaban J connectivity index is 1.25. The van der Waals surface area contributed by atoms with E-state index in [9.17, 15) is 24.3 Å². The summed E-state index contributed by atoms with van der Waals surface area (Å²) in [5.41, 5.74) is 8.20. The number of hydrogen-bond acceptors (Lipinski definition) is 7. The van der Waals surface area contributed by atoms with Gasteiger partial charge in [-0.05, 0) is 47.9 Å². The van der Waals surface area contributed by atoms with Gasteiger partial charge in [0.2, 0.25) is 5.91 Å². The number of nitrogens with zero attached hydrogens (tertiary/aromatic N) is 2. The number of phenols is 1. The first kappa shape index (κ1) is 27.6. The Morgan fingerprint density at radius 2 is 1.79 bits per heavy atom. The first-order valence-electron chi connectivity index (χ1n) is 13.8. The second-order valence-corrected chi connectivity index (χ2v) is 11.6. The molecule has 9 nitrogen and oxygen atoms in total. The van der Waals surface area contributed by atoms with Crippen molar-refractivity contribution in [3.05, 3.63) is 100 Å². The summed E-state index contributed by atoms with van der Waals surface area (Å²) in [4.78, 5) is 57.4. The molecule has 3 amide bonds. The van der Waals surface area contributed by atoms with Crippen LogP contribution in [0, 0.1) is 0 Å². The number of nitrogens with one attached hydrogen (secondary N) is 1. The van der Waals surface area contributed by atoms with Gasteiger partial charge in [-0.2, -0.15) is 0 Å². The molecule has 3 aromatic carbocycles. The number of amides is 3. The number of rotatable bonds is 7. The first-order valence-corrected chi connectivity index (χ1v) is 14.7. The minimum atomic E-state index is -0.972. The molecule has 3 heterocycles. The van der Waals surface area contributed by atoms with Crippen LogP contribution in [-0.2, 0) is 22.6 Å². The zero-order chi connectivity index (χ0) is 29.4. The maximum absolute atomic E-state index is 14.1. The van der Waals surface area contributed by atoms with Crippen molar-refractivity contribution in [3.63, 3.8) is 0 Å². The Kier molecular flexibility index (Phi) is 7.49. The largest absolute Gasteiger partial charge is 0.508 e. The number of phenolic OH excluding ortho intramolecular Hbond substituents is 1. The molecule has 214 valence electrons. The zero-order valence-electron chi connectivity index (χ0n) is 22.7. The summed E-state index contributed by atoms with van der Waals surface area (Å²) < 4.78 is 0.996. The van der Waals surface area contributed by atoms with E-state index in [0.29, 0.717) is 24.1 Å². The van der Waals surface area contributed by atoms with E-state index in [1.807, 2.05) is 35.7 Å². The minimum absolute atomic E-state index is 0.0665. The number of likely N-dealkylation sites (tertiary alicyclic amines) is 2. The normalized spacial score (nSPS) is 18.7. The standard InChI is InChI=1S/C32H30N4O5S/c33-16-20-4-3-5-21(14-20)30(39)34-25(15-19-8-10-22(37)11-9-19)32(41)35-13-12-26-29(35)27(38)17-36(26)31(40)24-18-42-28-7-2-1-6-23(24)28/h1-11,14,18,25-26,29,37H,12-13,15-17,33H2,(H,34,39)/t25-,26+,29-/m0/s1. The fraction of sp³-hybridized carbons (Fsp3) is 0.250. The quantitative estimate of drug-likeness (QED) is 0.307. The smallest absolute Gasteiger partial charge is 0.256 e. The fourth-order valence-electron chi connectivity index (χ4n) is 5.99. The summed E-state index contributed by atoms with van der Waals surface area (Å²) in [6.07, 6.45) is 0.626. The van der Waals surface area contributed by atoms with E-state index in [4.69, 9.17) is 5.73 Å². The van der Waals surface area contributed by atoms with Gasteiger partial charge in [-0.15, -0.1) is 11.3 Å². The second-order valence-electron chi connectivity index (χ2n) is 10.7. The van der Waals surface area contributed by atoms with Crippen molar-refractivity contribution in [2.75, 3.05) is 13.1 Å². The lowest BCUT2D eigenvalue weighted by Crippen LogP contribution is -2.53. The molecule has 2 fully saturated rings. The van der Waals surface area contributed by atoms with Crippen molar-refractivity contribution in [3.8, 4) is 5.75 Å². The highest BCUT2D eigenvalue weighted by atomic mass is 32.1. The molecule has 0 saturated carbocycles. The van der Waals surface area contributed by atoms with E-state index in [1.165, 1.54) is 28.4 Å². The van der Waals surface area contributed by atoms with Crippen molar-refractivity contribution in [1.82, 2.24) is 15.1 Å². The molecule has 1 aromatic heterocycles. The van der Waals surface area contributed by atoms with Crippen LogP contribution >= 0.6 is 11.3 Å². The van der Waals surface area contributed by atoms with Crippen LogP contribution in [0.15, 0.2) is 78.2 Å². The average Bonchev–Trinajstić information content (AvgIpc) is 3.72. The zero-order valence-corrected chi connectivity index (χ0v) is 23.5. The van der Waals surface area contributed by atoms with Gasteiger partial charge in [0.15, 0.2) is 5.78 Å². The number of benzene rings is 3. The third kappa shape index (κ3) is 5.15. The van der Waals surface area contributed by atoms with Gasteiger partial charge in [-0.3, -0.25) is 19.2 Å².